The number of carbonyl (C=O) groups is 2. The summed E-state index contributed by atoms with van der Waals surface area (Å²) < 4.78 is 16.4. The molecular formula is C24H29N3O5S. The lowest BCUT2D eigenvalue weighted by Crippen LogP contribution is -2.38. The molecule has 0 spiro atoms. The molecule has 0 atom stereocenters. The van der Waals surface area contributed by atoms with E-state index in [1.54, 1.807) is 43.4 Å². The summed E-state index contributed by atoms with van der Waals surface area (Å²) in [4.78, 5) is 33.9. The van der Waals surface area contributed by atoms with Gasteiger partial charge in [-0.3, -0.25) is 9.69 Å². The van der Waals surface area contributed by atoms with Crippen molar-refractivity contribution in [1.29, 1.82) is 0 Å². The van der Waals surface area contributed by atoms with Gasteiger partial charge in [0, 0.05) is 30.8 Å². The SMILES string of the molecule is CCN(CC)CCN(C(=O)c1ccc(C(=O)OC)cc1)c1nc2cc(OC)c(OC)cc2s1. The maximum Gasteiger partial charge on any atom is 0.337 e. The van der Waals surface area contributed by atoms with Crippen molar-refractivity contribution in [3.05, 3.63) is 47.5 Å². The average Bonchev–Trinajstić information content (AvgIpc) is 3.27. The van der Waals surface area contributed by atoms with Gasteiger partial charge in [-0.2, -0.15) is 0 Å². The molecule has 0 radical (unpaired) electrons. The zero-order valence-electron chi connectivity index (χ0n) is 19.6. The van der Waals surface area contributed by atoms with Gasteiger partial charge in [-0.15, -0.1) is 0 Å². The smallest absolute Gasteiger partial charge is 0.337 e. The van der Waals surface area contributed by atoms with Gasteiger partial charge in [-0.1, -0.05) is 25.2 Å². The fourth-order valence-corrected chi connectivity index (χ4v) is 4.45. The van der Waals surface area contributed by atoms with E-state index in [2.05, 4.69) is 18.7 Å². The molecule has 1 heterocycles. The fraction of sp³-hybridized carbons (Fsp3) is 0.375. The van der Waals surface area contributed by atoms with E-state index in [-0.39, 0.29) is 5.91 Å². The monoisotopic (exact) mass is 471 g/mol. The molecule has 0 unspecified atom stereocenters. The number of carbonyl (C=O) groups excluding carboxylic acids is 2. The Labute approximate surface area is 197 Å². The molecule has 0 saturated heterocycles. The van der Waals surface area contributed by atoms with Crippen molar-refractivity contribution in [2.45, 2.75) is 13.8 Å². The lowest BCUT2D eigenvalue weighted by Gasteiger charge is -2.24. The summed E-state index contributed by atoms with van der Waals surface area (Å²) in [5.41, 5.74) is 1.59. The van der Waals surface area contributed by atoms with E-state index < -0.39 is 5.97 Å². The molecule has 3 aromatic rings. The summed E-state index contributed by atoms with van der Waals surface area (Å²) in [6.07, 6.45) is 0. The number of likely N-dealkylation sites (N-methyl/N-ethyl adjacent to an activating group) is 1. The van der Waals surface area contributed by atoms with Crippen molar-refractivity contribution in [3.63, 3.8) is 0 Å². The Bertz CT molecular complexity index is 1070. The highest BCUT2D eigenvalue weighted by atomic mass is 32.1. The topological polar surface area (TPSA) is 81.2 Å². The Kier molecular flexibility index (Phi) is 8.24. The summed E-state index contributed by atoms with van der Waals surface area (Å²) in [5, 5.41) is 0.592. The highest BCUT2D eigenvalue weighted by Crippen LogP contribution is 2.37. The third-order valence-corrected chi connectivity index (χ3v) is 6.49. The van der Waals surface area contributed by atoms with E-state index in [1.165, 1.54) is 18.4 Å². The molecule has 0 aliphatic rings. The first-order valence-electron chi connectivity index (χ1n) is 10.7. The number of aromatic nitrogens is 1. The van der Waals surface area contributed by atoms with Crippen LogP contribution in [0.1, 0.15) is 34.6 Å². The summed E-state index contributed by atoms with van der Waals surface area (Å²) in [6.45, 7) is 7.16. The minimum absolute atomic E-state index is 0.184. The maximum atomic E-state index is 13.5. The molecule has 0 aliphatic carbocycles. The van der Waals surface area contributed by atoms with E-state index in [0.717, 1.165) is 23.3 Å². The number of anilines is 1. The predicted molar refractivity (Wildman–Crippen MR) is 130 cm³/mol. The number of ether oxygens (including phenoxy) is 3. The number of nitrogens with zero attached hydrogens (tertiary/aromatic N) is 3. The third kappa shape index (κ3) is 5.43. The predicted octanol–water partition coefficient (Wildman–Crippen LogP) is 4.09. The van der Waals surface area contributed by atoms with E-state index in [1.807, 2.05) is 12.1 Å². The number of hydrogen-bond acceptors (Lipinski definition) is 8. The molecule has 0 aliphatic heterocycles. The first-order chi connectivity index (χ1) is 15.9. The van der Waals surface area contributed by atoms with Crippen molar-refractivity contribution in [2.24, 2.45) is 0 Å². The van der Waals surface area contributed by atoms with Crippen LogP contribution in [0.3, 0.4) is 0 Å². The number of hydrogen-bond donors (Lipinski definition) is 0. The van der Waals surface area contributed by atoms with Crippen LogP contribution in [0.25, 0.3) is 10.2 Å². The molecule has 0 saturated carbocycles. The van der Waals surface area contributed by atoms with Gasteiger partial charge >= 0.3 is 5.97 Å². The number of benzene rings is 2. The van der Waals surface area contributed by atoms with E-state index in [9.17, 15) is 9.59 Å². The number of esters is 1. The lowest BCUT2D eigenvalue weighted by atomic mass is 10.1. The van der Waals surface area contributed by atoms with E-state index >= 15 is 0 Å². The van der Waals surface area contributed by atoms with Gasteiger partial charge in [0.15, 0.2) is 16.6 Å². The van der Waals surface area contributed by atoms with Crippen LogP contribution in [0.2, 0.25) is 0 Å². The second kappa shape index (κ2) is 11.1. The van der Waals surface area contributed by atoms with Crippen LogP contribution in [0, 0.1) is 0 Å². The zero-order valence-corrected chi connectivity index (χ0v) is 20.4. The fourth-order valence-electron chi connectivity index (χ4n) is 3.45. The molecule has 2 aromatic carbocycles. The molecule has 8 nitrogen and oxygen atoms in total. The molecular weight excluding hydrogens is 442 g/mol. The van der Waals surface area contributed by atoms with Crippen LogP contribution in [0.4, 0.5) is 5.13 Å². The molecule has 33 heavy (non-hydrogen) atoms. The minimum atomic E-state index is -0.443. The Balaban J connectivity index is 1.98. The van der Waals surface area contributed by atoms with Crippen molar-refractivity contribution in [1.82, 2.24) is 9.88 Å². The van der Waals surface area contributed by atoms with E-state index in [0.29, 0.717) is 40.8 Å². The molecule has 0 fully saturated rings. The third-order valence-electron chi connectivity index (χ3n) is 5.45. The summed E-state index contributed by atoms with van der Waals surface area (Å²) in [6, 6.07) is 10.1. The Morgan fingerprint density at radius 1 is 0.909 bits per heavy atom. The maximum absolute atomic E-state index is 13.5. The summed E-state index contributed by atoms with van der Waals surface area (Å²) in [7, 11) is 4.49. The normalized spacial score (nSPS) is 11.0. The van der Waals surface area contributed by atoms with Crippen LogP contribution < -0.4 is 14.4 Å². The Hall–Kier alpha value is -3.17. The van der Waals surface area contributed by atoms with Crippen LogP contribution in [-0.2, 0) is 4.74 Å². The summed E-state index contributed by atoms with van der Waals surface area (Å²) in [5.74, 6) is 0.568. The van der Waals surface area contributed by atoms with Gasteiger partial charge in [-0.25, -0.2) is 9.78 Å². The number of rotatable bonds is 10. The molecule has 9 heteroatoms. The standard InChI is InChI=1S/C24H29N3O5S/c1-6-26(7-2)12-13-27(22(28)16-8-10-17(11-9-16)23(29)32-5)24-25-18-14-19(30-3)20(31-4)15-21(18)33-24/h8-11,14-15H,6-7,12-13H2,1-5H3. The second-order valence-corrected chi connectivity index (χ2v) is 8.23. The van der Waals surface area contributed by atoms with Crippen molar-refractivity contribution in [3.8, 4) is 11.5 Å². The first kappa shape index (κ1) is 24.5. The largest absolute Gasteiger partial charge is 0.493 e. The molecule has 3 rings (SSSR count). The Morgan fingerprint density at radius 3 is 2.09 bits per heavy atom. The molecule has 1 aromatic heterocycles. The molecule has 0 bridgehead atoms. The Morgan fingerprint density at radius 2 is 1.52 bits per heavy atom. The van der Waals surface area contributed by atoms with Gasteiger partial charge in [0.2, 0.25) is 0 Å². The minimum Gasteiger partial charge on any atom is -0.493 e. The quantitative estimate of drug-likeness (QED) is 0.412. The van der Waals surface area contributed by atoms with Crippen LogP contribution >= 0.6 is 11.3 Å². The number of methoxy groups -OCH3 is 3. The van der Waals surface area contributed by atoms with Gasteiger partial charge in [0.25, 0.3) is 5.91 Å². The van der Waals surface area contributed by atoms with Gasteiger partial charge in [0.05, 0.1) is 37.1 Å². The van der Waals surface area contributed by atoms with Crippen LogP contribution in [-0.4, -0.2) is 69.3 Å². The zero-order chi connectivity index (χ0) is 24.0. The van der Waals surface area contributed by atoms with Crippen molar-refractivity contribution >= 4 is 38.6 Å². The van der Waals surface area contributed by atoms with Crippen LogP contribution in [0.15, 0.2) is 36.4 Å². The van der Waals surface area contributed by atoms with Crippen molar-refractivity contribution in [2.75, 3.05) is 52.4 Å². The van der Waals surface area contributed by atoms with Crippen LogP contribution in [0.5, 0.6) is 11.5 Å². The van der Waals surface area contributed by atoms with Gasteiger partial charge in [-0.05, 0) is 37.4 Å². The number of thiazole rings is 1. The molecule has 176 valence electrons. The summed E-state index contributed by atoms with van der Waals surface area (Å²) >= 11 is 1.42. The first-order valence-corrected chi connectivity index (χ1v) is 11.5. The molecule has 0 N–H and O–H groups in total. The average molecular weight is 472 g/mol. The molecule has 1 amide bonds. The van der Waals surface area contributed by atoms with Crippen molar-refractivity contribution < 1.29 is 23.8 Å². The number of amides is 1. The van der Waals surface area contributed by atoms with Gasteiger partial charge < -0.3 is 19.1 Å². The van der Waals surface area contributed by atoms with E-state index in [4.69, 9.17) is 19.2 Å². The highest BCUT2D eigenvalue weighted by molar-refractivity contribution is 7.22. The second-order valence-electron chi connectivity index (χ2n) is 7.22. The van der Waals surface area contributed by atoms with Gasteiger partial charge in [0.1, 0.15) is 0 Å². The number of fused-ring (bicyclic) bond motifs is 1. The lowest BCUT2D eigenvalue weighted by molar-refractivity contribution is 0.0600. The highest BCUT2D eigenvalue weighted by Gasteiger charge is 2.23.